The van der Waals surface area contributed by atoms with Gasteiger partial charge in [-0.1, -0.05) is 11.3 Å². The molecule has 0 saturated heterocycles. The van der Waals surface area contributed by atoms with Gasteiger partial charge in [0.1, 0.15) is 6.33 Å². The molecule has 1 amide bonds. The highest BCUT2D eigenvalue weighted by molar-refractivity contribution is 7.19. The maximum absolute atomic E-state index is 13.5. The van der Waals surface area contributed by atoms with Crippen LogP contribution >= 0.6 is 11.3 Å². The van der Waals surface area contributed by atoms with Gasteiger partial charge in [0.05, 0.1) is 19.1 Å². The number of carbonyl (C=O) groups is 1. The van der Waals surface area contributed by atoms with Crippen molar-refractivity contribution in [3.8, 4) is 22.2 Å². The van der Waals surface area contributed by atoms with Crippen molar-refractivity contribution in [1.29, 1.82) is 0 Å². The normalized spacial score (nSPS) is 11.9. The van der Waals surface area contributed by atoms with Crippen molar-refractivity contribution in [2.24, 2.45) is 0 Å². The molecule has 3 aromatic rings. The number of hydrogen-bond donors (Lipinski definition) is 1. The number of amides is 1. The molecule has 0 fully saturated rings. The van der Waals surface area contributed by atoms with Crippen molar-refractivity contribution in [2.75, 3.05) is 19.5 Å². The van der Waals surface area contributed by atoms with E-state index in [0.29, 0.717) is 23.7 Å². The molecule has 0 atom stereocenters. The second kappa shape index (κ2) is 8.52. The number of methoxy groups -OCH3 is 2. The molecule has 0 unspecified atom stereocenters. The Balaban J connectivity index is 2.00. The second-order valence-electron chi connectivity index (χ2n) is 5.71. The highest BCUT2D eigenvalue weighted by Crippen LogP contribution is 2.42. The lowest BCUT2D eigenvalue weighted by atomic mass is 10.2. The minimum atomic E-state index is -4.98. The van der Waals surface area contributed by atoms with E-state index in [4.69, 9.17) is 9.47 Å². The smallest absolute Gasteiger partial charge is 0.451 e. The number of aromatic nitrogens is 5. The van der Waals surface area contributed by atoms with Crippen LogP contribution in [0.4, 0.5) is 31.5 Å². The zero-order chi connectivity index (χ0) is 23.7. The number of nitrogens with one attached hydrogen (secondary N) is 1. The molecule has 3 rings (SSSR count). The van der Waals surface area contributed by atoms with Gasteiger partial charge in [0.2, 0.25) is 17.6 Å². The molecule has 32 heavy (non-hydrogen) atoms. The van der Waals surface area contributed by atoms with Gasteiger partial charge in [-0.15, -0.1) is 0 Å². The quantitative estimate of drug-likeness (QED) is 0.551. The first kappa shape index (κ1) is 23.1. The predicted molar refractivity (Wildman–Crippen MR) is 96.2 cm³/mol. The second-order valence-corrected chi connectivity index (χ2v) is 6.71. The van der Waals surface area contributed by atoms with E-state index in [2.05, 4.69) is 30.2 Å². The van der Waals surface area contributed by atoms with E-state index in [1.807, 2.05) is 0 Å². The molecule has 0 spiro atoms. The first-order valence-electron chi connectivity index (χ1n) is 8.17. The van der Waals surface area contributed by atoms with Gasteiger partial charge >= 0.3 is 12.4 Å². The molecule has 0 aliphatic carbocycles. The van der Waals surface area contributed by atoms with Crippen LogP contribution < -0.4 is 14.8 Å². The molecule has 0 aliphatic rings. The topological polar surface area (TPSA) is 112 Å². The van der Waals surface area contributed by atoms with Crippen LogP contribution in [-0.2, 0) is 12.4 Å². The van der Waals surface area contributed by atoms with Crippen LogP contribution in [0.15, 0.2) is 18.7 Å². The Bertz CT molecular complexity index is 1110. The monoisotopic (exact) mass is 480 g/mol. The summed E-state index contributed by atoms with van der Waals surface area (Å²) in [5, 5.41) is 1.64. The largest absolute Gasteiger partial charge is 0.480 e. The molecule has 0 aromatic carbocycles. The molecule has 16 heteroatoms. The van der Waals surface area contributed by atoms with Gasteiger partial charge in [-0.2, -0.15) is 26.3 Å². The van der Waals surface area contributed by atoms with Crippen LogP contribution in [0.3, 0.4) is 0 Å². The van der Waals surface area contributed by atoms with Crippen molar-refractivity contribution in [1.82, 2.24) is 24.9 Å². The van der Waals surface area contributed by atoms with Gasteiger partial charge in [-0.3, -0.25) is 10.1 Å². The fourth-order valence-corrected chi connectivity index (χ4v) is 3.33. The number of nitrogens with zero attached hydrogens (tertiary/aromatic N) is 5. The van der Waals surface area contributed by atoms with E-state index in [1.54, 1.807) is 0 Å². The van der Waals surface area contributed by atoms with Gasteiger partial charge in [0.15, 0.2) is 16.4 Å². The number of hydrogen-bond acceptors (Lipinski definition) is 9. The molecule has 0 radical (unpaired) electrons. The van der Waals surface area contributed by atoms with Crippen LogP contribution in [0.25, 0.3) is 10.4 Å². The summed E-state index contributed by atoms with van der Waals surface area (Å²) in [6, 6.07) is 0. The number of alkyl halides is 6. The van der Waals surface area contributed by atoms with Gasteiger partial charge < -0.3 is 9.47 Å². The van der Waals surface area contributed by atoms with Gasteiger partial charge in [-0.25, -0.2) is 24.9 Å². The lowest BCUT2D eigenvalue weighted by Gasteiger charge is -2.09. The number of anilines is 1. The third kappa shape index (κ3) is 4.68. The zero-order valence-electron chi connectivity index (χ0n) is 15.9. The third-order valence-electron chi connectivity index (χ3n) is 3.68. The standard InChI is InChI=1S/C16H10F6N6O3S/c1-30-11-7(12(31-2)26-5-25-11)10(29)28-14-27-9(15(17,18)19)8(32-14)6-3-23-13(24-4-6)16(20,21)22/h3-5H,1-2H3,(H,27,28,29). The molecule has 0 bridgehead atoms. The lowest BCUT2D eigenvalue weighted by Crippen LogP contribution is -2.16. The van der Waals surface area contributed by atoms with Crippen LogP contribution in [0.1, 0.15) is 21.9 Å². The zero-order valence-corrected chi connectivity index (χ0v) is 16.7. The highest BCUT2D eigenvalue weighted by atomic mass is 32.1. The predicted octanol–water partition coefficient (Wildman–Crippen LogP) is 3.70. The van der Waals surface area contributed by atoms with E-state index in [9.17, 15) is 31.1 Å². The van der Waals surface area contributed by atoms with Crippen LogP contribution in [0.2, 0.25) is 0 Å². The number of thiazole rings is 1. The number of rotatable bonds is 5. The first-order valence-corrected chi connectivity index (χ1v) is 8.99. The minimum absolute atomic E-state index is 0.210. The lowest BCUT2D eigenvalue weighted by molar-refractivity contribution is -0.145. The number of halogens is 6. The van der Waals surface area contributed by atoms with Gasteiger partial charge in [0, 0.05) is 18.0 Å². The summed E-state index contributed by atoms with van der Waals surface area (Å²) in [6.07, 6.45) is -7.64. The van der Waals surface area contributed by atoms with E-state index in [1.165, 1.54) is 14.2 Å². The summed E-state index contributed by atoms with van der Waals surface area (Å²) in [6.45, 7) is 0. The summed E-state index contributed by atoms with van der Waals surface area (Å²) in [5.41, 5.74) is -2.12. The van der Waals surface area contributed by atoms with Crippen molar-refractivity contribution < 1.29 is 40.6 Å². The van der Waals surface area contributed by atoms with Crippen LogP contribution in [0.5, 0.6) is 11.8 Å². The Labute approximate surface area is 178 Å². The molecule has 1 N–H and O–H groups in total. The summed E-state index contributed by atoms with van der Waals surface area (Å²) >= 11 is 0.356. The Morgan fingerprint density at radius 2 is 1.50 bits per heavy atom. The summed E-state index contributed by atoms with van der Waals surface area (Å²) in [7, 11) is 2.40. The Morgan fingerprint density at radius 1 is 0.938 bits per heavy atom. The first-order chi connectivity index (χ1) is 15.0. The molecule has 3 heterocycles. The highest BCUT2D eigenvalue weighted by Gasteiger charge is 2.39. The van der Waals surface area contributed by atoms with Crippen LogP contribution in [-0.4, -0.2) is 45.0 Å². The Morgan fingerprint density at radius 3 is 1.97 bits per heavy atom. The number of ether oxygens (including phenoxy) is 2. The van der Waals surface area contributed by atoms with E-state index >= 15 is 0 Å². The molecule has 0 saturated carbocycles. The van der Waals surface area contributed by atoms with E-state index in [-0.39, 0.29) is 22.9 Å². The third-order valence-corrected chi connectivity index (χ3v) is 4.70. The van der Waals surface area contributed by atoms with Crippen molar-refractivity contribution >= 4 is 22.4 Å². The maximum Gasteiger partial charge on any atom is 0.451 e. The van der Waals surface area contributed by atoms with E-state index in [0.717, 1.165) is 6.33 Å². The van der Waals surface area contributed by atoms with Gasteiger partial charge in [0.25, 0.3) is 5.91 Å². The van der Waals surface area contributed by atoms with Crippen molar-refractivity contribution in [3.05, 3.63) is 35.8 Å². The summed E-state index contributed by atoms with van der Waals surface area (Å²) < 4.78 is 88.2. The summed E-state index contributed by atoms with van der Waals surface area (Å²) in [4.78, 5) is 28.9. The maximum atomic E-state index is 13.5. The SMILES string of the molecule is COc1ncnc(OC)c1C(=O)Nc1nc(C(F)(F)F)c(-c2cnc(C(F)(F)F)nc2)s1. The molecule has 0 aliphatic heterocycles. The molecular weight excluding hydrogens is 470 g/mol. The fraction of sp³-hybridized carbons (Fsp3) is 0.250. The van der Waals surface area contributed by atoms with E-state index < -0.39 is 39.8 Å². The van der Waals surface area contributed by atoms with Crippen LogP contribution in [0, 0.1) is 0 Å². The molecular formula is C16H10F6N6O3S. The molecule has 3 aromatic heterocycles. The average molecular weight is 480 g/mol. The Hall–Kier alpha value is -3.56. The van der Waals surface area contributed by atoms with Crippen molar-refractivity contribution in [2.45, 2.75) is 12.4 Å². The Kier molecular flexibility index (Phi) is 6.16. The molecule has 9 nitrogen and oxygen atoms in total. The van der Waals surface area contributed by atoms with Crippen molar-refractivity contribution in [3.63, 3.8) is 0 Å². The number of carbonyl (C=O) groups excluding carboxylic acids is 1. The molecule has 170 valence electrons. The van der Waals surface area contributed by atoms with Gasteiger partial charge in [-0.05, 0) is 0 Å². The average Bonchev–Trinajstić information content (AvgIpc) is 3.16. The minimum Gasteiger partial charge on any atom is -0.480 e. The fourth-order valence-electron chi connectivity index (χ4n) is 2.37. The summed E-state index contributed by atoms with van der Waals surface area (Å²) in [5.74, 6) is -2.93.